The van der Waals surface area contributed by atoms with Crippen molar-refractivity contribution in [1.82, 2.24) is 19.7 Å². The molecule has 2 aliphatic heterocycles. The Balaban J connectivity index is 1.67. The van der Waals surface area contributed by atoms with Gasteiger partial charge in [-0.3, -0.25) is 9.78 Å². The summed E-state index contributed by atoms with van der Waals surface area (Å²) in [5.74, 6) is 0.207. The van der Waals surface area contributed by atoms with E-state index in [0.717, 1.165) is 17.5 Å². The molecule has 3 atom stereocenters. The van der Waals surface area contributed by atoms with Crippen molar-refractivity contribution in [2.75, 3.05) is 11.9 Å². The predicted molar refractivity (Wildman–Crippen MR) is 106 cm³/mol. The Morgan fingerprint density at radius 3 is 2.73 bits per heavy atom. The lowest BCUT2D eigenvalue weighted by molar-refractivity contribution is -0.174. The van der Waals surface area contributed by atoms with Gasteiger partial charge >= 0.3 is 6.18 Å². The molecule has 2 aliphatic rings. The third-order valence-corrected chi connectivity index (χ3v) is 6.03. The fourth-order valence-corrected chi connectivity index (χ4v) is 4.34. The highest BCUT2D eigenvalue weighted by Crippen LogP contribution is 2.42. The van der Waals surface area contributed by atoms with E-state index >= 15 is 0 Å². The van der Waals surface area contributed by atoms with E-state index in [-0.39, 0.29) is 30.3 Å². The quantitative estimate of drug-likeness (QED) is 0.788. The van der Waals surface area contributed by atoms with Crippen molar-refractivity contribution in [3.8, 4) is 0 Å². The van der Waals surface area contributed by atoms with Crippen molar-refractivity contribution in [2.45, 2.75) is 63.8 Å². The number of alkyl halides is 3. The van der Waals surface area contributed by atoms with E-state index in [4.69, 9.17) is 0 Å². The largest absolute Gasteiger partial charge is 0.410 e. The lowest BCUT2D eigenvalue weighted by Gasteiger charge is -2.35. The standard InChI is InChI=1S/C21H26F3N5O/c1-13(2)15-11-18(21(22,23)24)29-19(26-15)12-16(27-29)17-8-4-6-10-28(17)20(30)14-7-3-5-9-25-14/h3,5,7,9,12-13,15,17-18,26H,4,6,8,10-11H2,1-2H3/t15-,17-,18+/m0/s1. The summed E-state index contributed by atoms with van der Waals surface area (Å²) in [5.41, 5.74) is 0.833. The maximum Gasteiger partial charge on any atom is 0.410 e. The number of piperidine rings is 1. The average Bonchev–Trinajstić information content (AvgIpc) is 3.16. The monoisotopic (exact) mass is 421 g/mol. The summed E-state index contributed by atoms with van der Waals surface area (Å²) in [6.07, 6.45) is -0.477. The maximum atomic E-state index is 13.8. The summed E-state index contributed by atoms with van der Waals surface area (Å²) in [6, 6.07) is 4.51. The van der Waals surface area contributed by atoms with E-state index in [1.165, 1.54) is 0 Å². The number of rotatable bonds is 3. The van der Waals surface area contributed by atoms with Crippen LogP contribution in [0.25, 0.3) is 0 Å². The van der Waals surface area contributed by atoms with Gasteiger partial charge in [0.15, 0.2) is 6.04 Å². The smallest absolute Gasteiger partial charge is 0.367 e. The number of hydrogen-bond acceptors (Lipinski definition) is 4. The Morgan fingerprint density at radius 2 is 2.07 bits per heavy atom. The normalized spacial score (nSPS) is 24.5. The van der Waals surface area contributed by atoms with Crippen LogP contribution in [0, 0.1) is 5.92 Å². The molecule has 2 aromatic rings. The van der Waals surface area contributed by atoms with E-state index in [0.29, 0.717) is 30.2 Å². The highest BCUT2D eigenvalue weighted by atomic mass is 19.4. The van der Waals surface area contributed by atoms with Gasteiger partial charge in [-0.1, -0.05) is 19.9 Å². The molecule has 1 fully saturated rings. The van der Waals surface area contributed by atoms with Gasteiger partial charge in [0.05, 0.1) is 11.7 Å². The molecule has 1 N–H and O–H groups in total. The number of fused-ring (bicyclic) bond motifs is 1. The first-order valence-electron chi connectivity index (χ1n) is 10.4. The molecule has 9 heteroatoms. The summed E-state index contributed by atoms with van der Waals surface area (Å²) < 4.78 is 42.4. The molecule has 1 amide bonds. The van der Waals surface area contributed by atoms with Gasteiger partial charge in [-0.15, -0.1) is 0 Å². The van der Waals surface area contributed by atoms with Gasteiger partial charge < -0.3 is 10.2 Å². The number of likely N-dealkylation sites (tertiary alicyclic amines) is 1. The molecule has 0 spiro atoms. The molecule has 0 bridgehead atoms. The number of pyridine rings is 1. The van der Waals surface area contributed by atoms with Crippen molar-refractivity contribution in [3.63, 3.8) is 0 Å². The summed E-state index contributed by atoms with van der Waals surface area (Å²) in [7, 11) is 0. The van der Waals surface area contributed by atoms with Gasteiger partial charge in [-0.05, 0) is 43.7 Å². The van der Waals surface area contributed by atoms with Crippen LogP contribution < -0.4 is 5.32 Å². The second kappa shape index (κ2) is 7.92. The molecular weight excluding hydrogens is 395 g/mol. The van der Waals surface area contributed by atoms with E-state index < -0.39 is 12.2 Å². The number of amides is 1. The van der Waals surface area contributed by atoms with Crippen molar-refractivity contribution in [3.05, 3.63) is 41.9 Å². The third-order valence-electron chi connectivity index (χ3n) is 6.03. The zero-order valence-electron chi connectivity index (χ0n) is 17.1. The first kappa shape index (κ1) is 20.7. The lowest BCUT2D eigenvalue weighted by atomic mass is 9.94. The van der Waals surface area contributed by atoms with Gasteiger partial charge in [-0.2, -0.15) is 18.3 Å². The second-order valence-electron chi connectivity index (χ2n) is 8.41. The summed E-state index contributed by atoms with van der Waals surface area (Å²) >= 11 is 0. The van der Waals surface area contributed by atoms with Crippen molar-refractivity contribution < 1.29 is 18.0 Å². The average molecular weight is 421 g/mol. The van der Waals surface area contributed by atoms with Crippen LogP contribution >= 0.6 is 0 Å². The molecule has 0 unspecified atom stereocenters. The zero-order chi connectivity index (χ0) is 21.5. The van der Waals surface area contributed by atoms with Gasteiger partial charge in [0.25, 0.3) is 5.91 Å². The van der Waals surface area contributed by atoms with Crippen molar-refractivity contribution in [2.24, 2.45) is 5.92 Å². The van der Waals surface area contributed by atoms with Crippen LogP contribution in [0.5, 0.6) is 0 Å². The predicted octanol–water partition coefficient (Wildman–Crippen LogP) is 4.59. The number of aromatic nitrogens is 3. The number of nitrogens with zero attached hydrogens (tertiary/aromatic N) is 4. The minimum Gasteiger partial charge on any atom is -0.367 e. The number of carbonyl (C=O) groups is 1. The van der Waals surface area contributed by atoms with Crippen LogP contribution in [-0.2, 0) is 0 Å². The molecular formula is C21H26F3N5O. The molecule has 6 nitrogen and oxygen atoms in total. The number of hydrogen-bond donors (Lipinski definition) is 1. The minimum absolute atomic E-state index is 0.0545. The molecule has 0 aromatic carbocycles. The van der Waals surface area contributed by atoms with E-state index in [1.54, 1.807) is 35.4 Å². The lowest BCUT2D eigenvalue weighted by Crippen LogP contribution is -2.41. The number of nitrogens with one attached hydrogen (secondary N) is 1. The summed E-state index contributed by atoms with van der Waals surface area (Å²) in [6.45, 7) is 4.35. The van der Waals surface area contributed by atoms with Crippen molar-refractivity contribution in [1.29, 1.82) is 0 Å². The topological polar surface area (TPSA) is 63.1 Å². The SMILES string of the molecule is CC(C)[C@@H]1C[C@H](C(F)(F)F)n2nc([C@@H]3CCCCN3C(=O)c3ccccn3)cc2N1. The second-order valence-corrected chi connectivity index (χ2v) is 8.41. The Labute approximate surface area is 173 Å². The van der Waals surface area contributed by atoms with E-state index in [1.807, 2.05) is 13.8 Å². The van der Waals surface area contributed by atoms with Gasteiger partial charge in [-0.25, -0.2) is 4.68 Å². The minimum atomic E-state index is -4.39. The van der Waals surface area contributed by atoms with Crippen molar-refractivity contribution >= 4 is 11.7 Å². The van der Waals surface area contributed by atoms with Gasteiger partial charge in [0, 0.05) is 24.8 Å². The molecule has 162 valence electrons. The Kier molecular flexibility index (Phi) is 5.46. The number of carbonyl (C=O) groups excluding carboxylic acids is 1. The van der Waals surface area contributed by atoms with E-state index in [2.05, 4.69) is 15.4 Å². The molecule has 4 rings (SSSR count). The molecule has 30 heavy (non-hydrogen) atoms. The van der Waals surface area contributed by atoms with Gasteiger partial charge in [0.1, 0.15) is 11.5 Å². The summed E-state index contributed by atoms with van der Waals surface area (Å²) in [4.78, 5) is 18.9. The Hall–Kier alpha value is -2.58. The van der Waals surface area contributed by atoms with Crippen LogP contribution in [0.2, 0.25) is 0 Å². The Morgan fingerprint density at radius 1 is 1.27 bits per heavy atom. The fourth-order valence-electron chi connectivity index (χ4n) is 4.34. The Bertz CT molecular complexity index is 896. The molecule has 2 aromatic heterocycles. The van der Waals surface area contributed by atoms with Crippen LogP contribution in [0.15, 0.2) is 30.5 Å². The maximum absolute atomic E-state index is 13.8. The zero-order valence-corrected chi connectivity index (χ0v) is 17.1. The molecule has 0 aliphatic carbocycles. The summed E-state index contributed by atoms with van der Waals surface area (Å²) in [5, 5.41) is 7.58. The molecule has 0 radical (unpaired) electrons. The van der Waals surface area contributed by atoms with Crippen LogP contribution in [0.3, 0.4) is 0 Å². The molecule has 1 saturated heterocycles. The van der Waals surface area contributed by atoms with Gasteiger partial charge in [0.2, 0.25) is 0 Å². The number of halogens is 3. The van der Waals surface area contributed by atoms with Crippen LogP contribution in [0.4, 0.5) is 19.0 Å². The van der Waals surface area contributed by atoms with E-state index in [9.17, 15) is 18.0 Å². The van der Waals surface area contributed by atoms with Crippen LogP contribution in [0.1, 0.15) is 67.8 Å². The molecule has 0 saturated carbocycles. The molecule has 4 heterocycles. The fraction of sp³-hybridized carbons (Fsp3) is 0.571. The third kappa shape index (κ3) is 3.89. The number of anilines is 1. The highest BCUT2D eigenvalue weighted by molar-refractivity contribution is 5.92. The van der Waals surface area contributed by atoms with Crippen LogP contribution in [-0.4, -0.2) is 44.3 Å². The first-order chi connectivity index (χ1) is 14.3. The first-order valence-corrected chi connectivity index (χ1v) is 10.4. The highest BCUT2D eigenvalue weighted by Gasteiger charge is 2.47.